The van der Waals surface area contributed by atoms with Crippen LogP contribution in [0.3, 0.4) is 0 Å². The van der Waals surface area contributed by atoms with Crippen molar-refractivity contribution >= 4 is 17.5 Å². The predicted octanol–water partition coefficient (Wildman–Crippen LogP) is 3.39. The highest BCUT2D eigenvalue weighted by molar-refractivity contribution is 7.79. The van der Waals surface area contributed by atoms with Crippen molar-refractivity contribution in [2.24, 2.45) is 0 Å². The van der Waals surface area contributed by atoms with Gasteiger partial charge in [0.15, 0.2) is 0 Å². The number of para-hydroxylation sites is 1. The summed E-state index contributed by atoms with van der Waals surface area (Å²) in [5, 5.41) is 0.0506. The first-order valence-corrected chi connectivity index (χ1v) is 6.09. The van der Waals surface area contributed by atoms with Crippen LogP contribution in [0, 0.1) is 0 Å². The van der Waals surface area contributed by atoms with Crippen molar-refractivity contribution in [2.45, 2.75) is 13.3 Å². The lowest BCUT2D eigenvalue weighted by Gasteiger charge is -2.10. The number of thiocarbonyl (C=S) groups is 1. The molecule has 18 heavy (non-hydrogen) atoms. The molecule has 0 saturated heterocycles. The molecule has 0 amide bonds. The molecule has 0 atom stereocenters. The SMILES string of the molecule is CCc1ccccc1OC(=S)Oc1ccccn1. The van der Waals surface area contributed by atoms with Gasteiger partial charge in [0.25, 0.3) is 0 Å². The Morgan fingerprint density at radius 3 is 2.61 bits per heavy atom. The Kier molecular flexibility index (Phi) is 4.25. The van der Waals surface area contributed by atoms with Crippen molar-refractivity contribution in [3.8, 4) is 11.6 Å². The van der Waals surface area contributed by atoms with Gasteiger partial charge < -0.3 is 9.47 Å². The number of ether oxygens (including phenoxy) is 2. The van der Waals surface area contributed by atoms with E-state index in [0.29, 0.717) is 5.88 Å². The van der Waals surface area contributed by atoms with Crippen molar-refractivity contribution in [2.75, 3.05) is 0 Å². The molecular weight excluding hydrogens is 246 g/mol. The molecule has 92 valence electrons. The molecule has 0 aliphatic heterocycles. The quantitative estimate of drug-likeness (QED) is 0.791. The van der Waals surface area contributed by atoms with Crippen LogP contribution in [-0.4, -0.2) is 10.2 Å². The van der Waals surface area contributed by atoms with Crippen LogP contribution in [-0.2, 0) is 6.42 Å². The molecule has 0 N–H and O–H groups in total. The first kappa shape index (κ1) is 12.5. The van der Waals surface area contributed by atoms with Crippen LogP contribution >= 0.6 is 12.2 Å². The first-order chi connectivity index (χ1) is 8.79. The van der Waals surface area contributed by atoms with Gasteiger partial charge in [0.1, 0.15) is 5.75 Å². The van der Waals surface area contributed by atoms with Gasteiger partial charge in [0.05, 0.1) is 0 Å². The van der Waals surface area contributed by atoms with E-state index in [4.69, 9.17) is 21.7 Å². The van der Waals surface area contributed by atoms with E-state index in [1.54, 1.807) is 12.3 Å². The maximum atomic E-state index is 5.51. The molecule has 3 nitrogen and oxygen atoms in total. The zero-order valence-electron chi connectivity index (χ0n) is 10.00. The van der Waals surface area contributed by atoms with Crippen molar-refractivity contribution in [3.63, 3.8) is 0 Å². The number of benzene rings is 1. The van der Waals surface area contributed by atoms with Gasteiger partial charge in [-0.1, -0.05) is 31.2 Å². The highest BCUT2D eigenvalue weighted by Gasteiger charge is 2.07. The highest BCUT2D eigenvalue weighted by atomic mass is 32.1. The van der Waals surface area contributed by atoms with Crippen LogP contribution < -0.4 is 9.47 Å². The summed E-state index contributed by atoms with van der Waals surface area (Å²) in [6.07, 6.45) is 2.51. The summed E-state index contributed by atoms with van der Waals surface area (Å²) in [6, 6.07) is 13.1. The zero-order valence-corrected chi connectivity index (χ0v) is 10.8. The fourth-order valence-corrected chi connectivity index (χ4v) is 1.67. The lowest BCUT2D eigenvalue weighted by Crippen LogP contribution is -2.14. The molecule has 2 aromatic rings. The van der Waals surface area contributed by atoms with Gasteiger partial charge >= 0.3 is 5.24 Å². The largest absolute Gasteiger partial charge is 0.417 e. The molecule has 4 heteroatoms. The molecular formula is C14H13NO2S. The second-order valence-corrected chi connectivity index (χ2v) is 3.92. The number of aryl methyl sites for hydroxylation is 1. The van der Waals surface area contributed by atoms with Gasteiger partial charge in [-0.15, -0.1) is 0 Å². The Bertz CT molecular complexity index is 528. The summed E-state index contributed by atoms with van der Waals surface area (Å²) in [7, 11) is 0. The minimum absolute atomic E-state index is 0.0506. The predicted molar refractivity (Wildman–Crippen MR) is 73.9 cm³/mol. The van der Waals surface area contributed by atoms with E-state index < -0.39 is 0 Å². The Hall–Kier alpha value is -1.94. The molecule has 0 unspecified atom stereocenters. The summed E-state index contributed by atoms with van der Waals surface area (Å²) in [4.78, 5) is 4.01. The second-order valence-electron chi connectivity index (χ2n) is 3.58. The van der Waals surface area contributed by atoms with Gasteiger partial charge in [-0.25, -0.2) is 4.98 Å². The molecule has 1 heterocycles. The third-order valence-electron chi connectivity index (χ3n) is 2.37. The lowest BCUT2D eigenvalue weighted by molar-refractivity contribution is 0.392. The van der Waals surface area contributed by atoms with Crippen molar-refractivity contribution in [3.05, 3.63) is 54.2 Å². The van der Waals surface area contributed by atoms with Crippen LogP contribution in [0.2, 0.25) is 0 Å². The molecule has 1 aromatic carbocycles. The van der Waals surface area contributed by atoms with E-state index in [2.05, 4.69) is 11.9 Å². The van der Waals surface area contributed by atoms with Crippen LogP contribution in [0.4, 0.5) is 0 Å². The van der Waals surface area contributed by atoms with Crippen molar-refractivity contribution in [1.82, 2.24) is 4.98 Å². The summed E-state index contributed by atoms with van der Waals surface area (Å²) < 4.78 is 10.8. The van der Waals surface area contributed by atoms with Crippen LogP contribution in [0.5, 0.6) is 11.6 Å². The minimum Gasteiger partial charge on any atom is -0.417 e. The Morgan fingerprint density at radius 1 is 1.11 bits per heavy atom. The van der Waals surface area contributed by atoms with Gasteiger partial charge in [-0.05, 0) is 24.1 Å². The fourth-order valence-electron chi connectivity index (χ4n) is 1.50. The number of rotatable bonds is 3. The van der Waals surface area contributed by atoms with Gasteiger partial charge in [-0.3, -0.25) is 0 Å². The molecule has 0 radical (unpaired) electrons. The van der Waals surface area contributed by atoms with Gasteiger partial charge in [0.2, 0.25) is 5.88 Å². The van der Waals surface area contributed by atoms with Crippen molar-refractivity contribution in [1.29, 1.82) is 0 Å². The Labute approximate surface area is 111 Å². The van der Waals surface area contributed by atoms with E-state index >= 15 is 0 Å². The van der Waals surface area contributed by atoms with E-state index in [1.807, 2.05) is 36.4 Å². The second kappa shape index (κ2) is 6.12. The third-order valence-corrected chi connectivity index (χ3v) is 2.54. The number of pyridine rings is 1. The average Bonchev–Trinajstić information content (AvgIpc) is 2.40. The molecule has 0 spiro atoms. The van der Waals surface area contributed by atoms with Crippen molar-refractivity contribution < 1.29 is 9.47 Å². The molecule has 0 aliphatic rings. The summed E-state index contributed by atoms with van der Waals surface area (Å²) in [5.41, 5.74) is 1.09. The van der Waals surface area contributed by atoms with Gasteiger partial charge in [-0.2, -0.15) is 0 Å². The highest BCUT2D eigenvalue weighted by Crippen LogP contribution is 2.19. The molecule has 1 aromatic heterocycles. The summed E-state index contributed by atoms with van der Waals surface area (Å²) in [6.45, 7) is 2.06. The van der Waals surface area contributed by atoms with E-state index in [-0.39, 0.29) is 5.24 Å². The summed E-state index contributed by atoms with van der Waals surface area (Å²) in [5.74, 6) is 1.15. The number of nitrogens with zero attached hydrogens (tertiary/aromatic N) is 1. The number of hydrogen-bond acceptors (Lipinski definition) is 4. The maximum absolute atomic E-state index is 5.51. The van der Waals surface area contributed by atoms with E-state index in [1.165, 1.54) is 0 Å². The Morgan fingerprint density at radius 2 is 1.89 bits per heavy atom. The molecule has 0 aliphatic carbocycles. The molecule has 0 saturated carbocycles. The van der Waals surface area contributed by atoms with Gasteiger partial charge in [0, 0.05) is 24.5 Å². The zero-order chi connectivity index (χ0) is 12.8. The standard InChI is InChI=1S/C14H13NO2S/c1-2-11-7-3-4-8-12(11)16-14(18)17-13-9-5-6-10-15-13/h3-10H,2H2,1H3. The van der Waals surface area contributed by atoms with Crippen LogP contribution in [0.15, 0.2) is 48.7 Å². The topological polar surface area (TPSA) is 31.4 Å². The van der Waals surface area contributed by atoms with E-state index in [0.717, 1.165) is 17.7 Å². The lowest BCUT2D eigenvalue weighted by atomic mass is 10.1. The number of hydrogen-bond donors (Lipinski definition) is 0. The minimum atomic E-state index is 0.0506. The summed E-state index contributed by atoms with van der Waals surface area (Å²) >= 11 is 5.04. The molecule has 0 fully saturated rings. The van der Waals surface area contributed by atoms with Crippen LogP contribution in [0.25, 0.3) is 0 Å². The normalized spacial score (nSPS) is 9.83. The van der Waals surface area contributed by atoms with E-state index in [9.17, 15) is 0 Å². The third kappa shape index (κ3) is 3.28. The maximum Gasteiger partial charge on any atom is 0.364 e. The first-order valence-electron chi connectivity index (χ1n) is 5.68. The molecule has 0 bridgehead atoms. The fraction of sp³-hybridized carbons (Fsp3) is 0.143. The van der Waals surface area contributed by atoms with Crippen LogP contribution in [0.1, 0.15) is 12.5 Å². The molecule has 2 rings (SSSR count). The number of aromatic nitrogens is 1. The smallest absolute Gasteiger partial charge is 0.364 e. The monoisotopic (exact) mass is 259 g/mol. The Balaban J connectivity index is 2.03. The average molecular weight is 259 g/mol.